The van der Waals surface area contributed by atoms with Crippen LogP contribution in [-0.4, -0.2) is 15.0 Å². The van der Waals surface area contributed by atoms with Crippen LogP contribution in [0, 0.1) is 19.8 Å². The fraction of sp³-hybridized carbons (Fsp3) is 0.113. The van der Waals surface area contributed by atoms with Crippen LogP contribution in [0.1, 0.15) is 46.7 Å². The van der Waals surface area contributed by atoms with Crippen molar-refractivity contribution in [1.29, 1.82) is 0 Å². The van der Waals surface area contributed by atoms with Crippen molar-refractivity contribution in [2.24, 2.45) is 5.92 Å². The number of aryl methyl sites for hydroxylation is 2. The number of ether oxygens (including phenoxy) is 1. The Kier molecular flexibility index (Phi) is 8.30. The zero-order chi connectivity index (χ0) is 38.7. The van der Waals surface area contributed by atoms with Gasteiger partial charge in [-0.3, -0.25) is 0 Å². The van der Waals surface area contributed by atoms with Gasteiger partial charge < -0.3 is 4.74 Å². The van der Waals surface area contributed by atoms with Crippen LogP contribution in [0.3, 0.4) is 0 Å². The van der Waals surface area contributed by atoms with E-state index in [1.54, 1.807) is 0 Å². The van der Waals surface area contributed by atoms with Crippen LogP contribution in [-0.2, 0) is 5.41 Å². The van der Waals surface area contributed by atoms with E-state index in [-0.39, 0.29) is 0 Å². The first-order valence-corrected chi connectivity index (χ1v) is 19.7. The number of rotatable bonds is 6. The zero-order valence-electron chi connectivity index (χ0n) is 32.3. The predicted molar refractivity (Wildman–Crippen MR) is 233 cm³/mol. The lowest BCUT2D eigenvalue weighted by atomic mass is 9.63. The van der Waals surface area contributed by atoms with Gasteiger partial charge in [0.05, 0.1) is 5.41 Å². The minimum absolute atomic E-state index is 0.349. The molecule has 1 aromatic heterocycles. The monoisotopic (exact) mass is 735 g/mol. The van der Waals surface area contributed by atoms with E-state index in [4.69, 9.17) is 19.7 Å². The van der Waals surface area contributed by atoms with Gasteiger partial charge >= 0.3 is 0 Å². The molecule has 2 atom stereocenters. The lowest BCUT2D eigenvalue weighted by Crippen LogP contribution is -2.36. The molecule has 0 bridgehead atoms. The Balaban J connectivity index is 1.17. The van der Waals surface area contributed by atoms with Gasteiger partial charge in [-0.05, 0) is 88.9 Å². The molecule has 0 saturated heterocycles. The van der Waals surface area contributed by atoms with Crippen LogP contribution in [0.4, 0.5) is 0 Å². The second-order valence-corrected chi connectivity index (χ2v) is 15.4. The molecule has 7 aromatic rings. The molecule has 4 nitrogen and oxygen atoms in total. The highest BCUT2D eigenvalue weighted by Crippen LogP contribution is 2.63. The van der Waals surface area contributed by atoms with Crippen molar-refractivity contribution in [1.82, 2.24) is 15.0 Å². The first kappa shape index (κ1) is 34.6. The normalized spacial score (nSPS) is 17.6. The Hall–Kier alpha value is -6.91. The molecule has 10 rings (SSSR count). The Bertz CT molecular complexity index is 2830. The van der Waals surface area contributed by atoms with Gasteiger partial charge in [-0.15, -0.1) is 0 Å². The SMILES string of the molecule is C=C/C=C\c1cc2c(cc1C)-c1ccccc1C21C2=CCC(C)C=C2Oc2cc(-c3nc(-c4ccc(C)cc4)nc(-c4ccc(-c5ccccc5)cc4)n3)ccc21. The van der Waals surface area contributed by atoms with Gasteiger partial charge in [0.15, 0.2) is 17.5 Å². The van der Waals surface area contributed by atoms with Crippen molar-refractivity contribution >= 4 is 6.08 Å². The standard InChI is InChI=1S/C53H41N3O/c1-5-6-12-40-31-47-43(30-35(40)4)42-15-10-11-16-44(42)53(47)45-27-19-34(3)29-48(45)57-49-32-41(26-28-46(49)53)52-55-50(38-20-17-33(2)18-21-38)54-51(56-52)39-24-22-37(23-25-39)36-13-8-7-9-14-36/h5-18,20-32,34H,1,19H2,2-4H3/b12-6-. The number of nitrogens with zero attached hydrogens (tertiary/aromatic N) is 3. The maximum absolute atomic E-state index is 7.00. The zero-order valence-corrected chi connectivity index (χ0v) is 32.3. The third-order valence-electron chi connectivity index (χ3n) is 11.7. The molecule has 0 fully saturated rings. The summed E-state index contributed by atoms with van der Waals surface area (Å²) in [7, 11) is 0. The highest BCUT2D eigenvalue weighted by atomic mass is 16.5. The first-order valence-electron chi connectivity index (χ1n) is 19.7. The van der Waals surface area contributed by atoms with Gasteiger partial charge in [0.25, 0.3) is 0 Å². The van der Waals surface area contributed by atoms with E-state index in [0.29, 0.717) is 23.4 Å². The van der Waals surface area contributed by atoms with Crippen molar-refractivity contribution in [3.05, 3.63) is 209 Å². The molecule has 2 heterocycles. The fourth-order valence-corrected chi connectivity index (χ4v) is 8.85. The van der Waals surface area contributed by atoms with Gasteiger partial charge in [0.2, 0.25) is 0 Å². The number of hydrogen-bond donors (Lipinski definition) is 0. The lowest BCUT2D eigenvalue weighted by Gasteiger charge is -2.43. The van der Waals surface area contributed by atoms with Crippen LogP contribution < -0.4 is 4.74 Å². The number of hydrogen-bond acceptors (Lipinski definition) is 4. The number of aromatic nitrogens is 3. The average molecular weight is 736 g/mol. The van der Waals surface area contributed by atoms with E-state index < -0.39 is 5.41 Å². The molecule has 3 aliphatic rings. The van der Waals surface area contributed by atoms with Crippen molar-refractivity contribution < 1.29 is 4.74 Å². The summed E-state index contributed by atoms with van der Waals surface area (Å²) in [5, 5.41) is 0. The maximum atomic E-state index is 7.00. The van der Waals surface area contributed by atoms with Crippen molar-refractivity contribution in [3.63, 3.8) is 0 Å². The van der Waals surface area contributed by atoms with Gasteiger partial charge in [-0.25, -0.2) is 15.0 Å². The van der Waals surface area contributed by atoms with Crippen LogP contribution in [0.15, 0.2) is 176 Å². The Morgan fingerprint density at radius 3 is 2.00 bits per heavy atom. The molecule has 274 valence electrons. The minimum atomic E-state index is -0.563. The Labute approximate surface area is 334 Å². The van der Waals surface area contributed by atoms with E-state index in [2.05, 4.69) is 173 Å². The smallest absolute Gasteiger partial charge is 0.164 e. The summed E-state index contributed by atoms with van der Waals surface area (Å²) < 4.78 is 7.00. The lowest BCUT2D eigenvalue weighted by molar-refractivity contribution is 0.377. The molecule has 1 aliphatic heterocycles. The summed E-state index contributed by atoms with van der Waals surface area (Å²) in [6.45, 7) is 10.5. The summed E-state index contributed by atoms with van der Waals surface area (Å²) in [5.41, 5.74) is 15.4. The molecule has 2 unspecified atom stereocenters. The molecule has 2 aliphatic carbocycles. The summed E-state index contributed by atoms with van der Waals surface area (Å²) >= 11 is 0. The molecule has 0 N–H and O–H groups in total. The summed E-state index contributed by atoms with van der Waals surface area (Å²) in [6, 6.07) is 47.4. The summed E-state index contributed by atoms with van der Waals surface area (Å²) in [6.07, 6.45) is 11.7. The van der Waals surface area contributed by atoms with Gasteiger partial charge in [-0.1, -0.05) is 165 Å². The average Bonchev–Trinajstić information content (AvgIpc) is 3.52. The van der Waals surface area contributed by atoms with E-state index >= 15 is 0 Å². The van der Waals surface area contributed by atoms with Crippen molar-refractivity contribution in [2.45, 2.75) is 32.6 Å². The topological polar surface area (TPSA) is 47.9 Å². The van der Waals surface area contributed by atoms with Gasteiger partial charge in [0.1, 0.15) is 11.5 Å². The highest BCUT2D eigenvalue weighted by Gasteiger charge is 2.53. The van der Waals surface area contributed by atoms with E-state index in [0.717, 1.165) is 45.7 Å². The van der Waals surface area contributed by atoms with Crippen molar-refractivity contribution in [3.8, 4) is 62.2 Å². The Morgan fingerprint density at radius 1 is 0.632 bits per heavy atom. The second-order valence-electron chi connectivity index (χ2n) is 15.4. The molecule has 4 heteroatoms. The predicted octanol–water partition coefficient (Wildman–Crippen LogP) is 12.9. The molecule has 1 spiro atoms. The molecule has 0 saturated carbocycles. The number of allylic oxidation sites excluding steroid dienone is 5. The van der Waals surface area contributed by atoms with Crippen LogP contribution in [0.2, 0.25) is 0 Å². The summed E-state index contributed by atoms with van der Waals surface area (Å²) in [4.78, 5) is 15.3. The Morgan fingerprint density at radius 2 is 1.26 bits per heavy atom. The summed E-state index contributed by atoms with van der Waals surface area (Å²) in [5.74, 6) is 3.91. The maximum Gasteiger partial charge on any atom is 0.164 e. The van der Waals surface area contributed by atoms with Crippen LogP contribution >= 0.6 is 0 Å². The van der Waals surface area contributed by atoms with Gasteiger partial charge in [-0.2, -0.15) is 0 Å². The van der Waals surface area contributed by atoms with E-state index in [1.165, 1.54) is 50.1 Å². The molecule has 0 amide bonds. The van der Waals surface area contributed by atoms with Crippen LogP contribution in [0.25, 0.3) is 62.5 Å². The van der Waals surface area contributed by atoms with E-state index in [1.807, 2.05) is 18.2 Å². The minimum Gasteiger partial charge on any atom is -0.457 e. The first-order chi connectivity index (χ1) is 27.9. The second kappa shape index (κ2) is 13.7. The van der Waals surface area contributed by atoms with Crippen molar-refractivity contribution in [2.75, 3.05) is 0 Å². The fourth-order valence-electron chi connectivity index (χ4n) is 8.85. The van der Waals surface area contributed by atoms with Crippen LogP contribution in [0.5, 0.6) is 5.75 Å². The third kappa shape index (κ3) is 5.71. The molecule has 0 radical (unpaired) electrons. The molecule has 6 aromatic carbocycles. The number of benzene rings is 6. The largest absolute Gasteiger partial charge is 0.457 e. The highest BCUT2D eigenvalue weighted by molar-refractivity contribution is 5.90. The van der Waals surface area contributed by atoms with E-state index in [9.17, 15) is 0 Å². The molecular formula is C53H41N3O. The molecule has 57 heavy (non-hydrogen) atoms. The third-order valence-corrected chi connectivity index (χ3v) is 11.7. The quantitative estimate of drug-likeness (QED) is 0.160. The van der Waals surface area contributed by atoms with Gasteiger partial charge in [0, 0.05) is 27.8 Å². The number of fused-ring (bicyclic) bond motifs is 9. The molecular weight excluding hydrogens is 695 g/mol.